The molecular formula is C11H12N2O2. The fourth-order valence-corrected chi connectivity index (χ4v) is 1.34. The van der Waals surface area contributed by atoms with Crippen LogP contribution in [-0.2, 0) is 0 Å². The van der Waals surface area contributed by atoms with Gasteiger partial charge < -0.3 is 9.90 Å². The smallest absolute Gasteiger partial charge is 0.150 e. The summed E-state index contributed by atoms with van der Waals surface area (Å²) in [5, 5.41) is 19.5. The minimum absolute atomic E-state index is 0.0313. The number of hydrogen-bond donors (Lipinski definition) is 0. The number of nitrogens with zero attached hydrogens (tertiary/aromatic N) is 2. The molecule has 0 radical (unpaired) electrons. The van der Waals surface area contributed by atoms with Crippen molar-refractivity contribution >= 4 is 11.7 Å². The Morgan fingerprint density at radius 3 is 2.40 bits per heavy atom. The molecule has 78 valence electrons. The van der Waals surface area contributed by atoms with Gasteiger partial charge >= 0.3 is 0 Å². The maximum atomic E-state index is 10.6. The lowest BCUT2D eigenvalue weighted by Gasteiger charge is -2.24. The maximum absolute atomic E-state index is 10.6. The highest BCUT2D eigenvalue weighted by Crippen LogP contribution is 2.23. The van der Waals surface area contributed by atoms with Gasteiger partial charge in [0.05, 0.1) is 27.1 Å². The molecule has 1 rings (SSSR count). The maximum Gasteiger partial charge on any atom is 0.150 e. The monoisotopic (exact) mass is 204 g/mol. The third-order valence-corrected chi connectivity index (χ3v) is 2.08. The van der Waals surface area contributed by atoms with Gasteiger partial charge in [-0.15, -0.1) is 0 Å². The van der Waals surface area contributed by atoms with Crippen molar-refractivity contribution < 1.29 is 9.90 Å². The van der Waals surface area contributed by atoms with Crippen LogP contribution in [0.2, 0.25) is 0 Å². The van der Waals surface area contributed by atoms with Crippen molar-refractivity contribution in [3.63, 3.8) is 0 Å². The van der Waals surface area contributed by atoms with Gasteiger partial charge in [0, 0.05) is 6.07 Å². The van der Waals surface area contributed by atoms with Gasteiger partial charge in [0.25, 0.3) is 0 Å². The van der Waals surface area contributed by atoms with Gasteiger partial charge in [-0.05, 0) is 17.7 Å². The standard InChI is InChI=1S/C11H12N2O2/c1-13(2,3)10-5-4-8(11(14)15)6-9(10)7-12/h4-6H,1-3H3. The van der Waals surface area contributed by atoms with E-state index in [1.807, 2.05) is 27.2 Å². The average Bonchev–Trinajstić information content (AvgIpc) is 2.15. The highest BCUT2D eigenvalue weighted by Gasteiger charge is 2.17. The van der Waals surface area contributed by atoms with Crippen LogP contribution in [-0.4, -0.2) is 27.1 Å². The molecule has 1 aromatic carbocycles. The second-order valence-corrected chi connectivity index (χ2v) is 4.14. The van der Waals surface area contributed by atoms with Crippen LogP contribution < -0.4 is 9.59 Å². The van der Waals surface area contributed by atoms with Crippen molar-refractivity contribution in [2.75, 3.05) is 21.1 Å². The van der Waals surface area contributed by atoms with E-state index in [0.29, 0.717) is 10.0 Å². The third kappa shape index (κ3) is 2.33. The molecule has 0 amide bonds. The number of rotatable bonds is 2. The summed E-state index contributed by atoms with van der Waals surface area (Å²) in [6.07, 6.45) is 0. The van der Waals surface area contributed by atoms with E-state index < -0.39 is 5.97 Å². The van der Waals surface area contributed by atoms with Crippen molar-refractivity contribution in [3.8, 4) is 6.07 Å². The van der Waals surface area contributed by atoms with Crippen LogP contribution in [0.15, 0.2) is 18.2 Å². The Kier molecular flexibility index (Phi) is 2.78. The Morgan fingerprint density at radius 1 is 1.40 bits per heavy atom. The van der Waals surface area contributed by atoms with Gasteiger partial charge in [0.1, 0.15) is 17.3 Å². The number of carbonyl (C=O) groups excluding carboxylic acids is 1. The van der Waals surface area contributed by atoms with Crippen molar-refractivity contribution in [2.24, 2.45) is 0 Å². The zero-order valence-electron chi connectivity index (χ0n) is 8.94. The zero-order valence-corrected chi connectivity index (χ0v) is 8.94. The van der Waals surface area contributed by atoms with Crippen molar-refractivity contribution in [3.05, 3.63) is 29.3 Å². The summed E-state index contributed by atoms with van der Waals surface area (Å²) in [4.78, 5) is 10.6. The van der Waals surface area contributed by atoms with Gasteiger partial charge in [-0.1, -0.05) is 0 Å². The van der Waals surface area contributed by atoms with Gasteiger partial charge in [-0.25, -0.2) is 0 Å². The molecule has 0 unspecified atom stereocenters. The molecule has 0 saturated heterocycles. The average molecular weight is 204 g/mol. The molecular weight excluding hydrogens is 192 g/mol. The highest BCUT2D eigenvalue weighted by molar-refractivity contribution is 5.87. The summed E-state index contributed by atoms with van der Waals surface area (Å²) < 4.78 is 0.468. The molecule has 15 heavy (non-hydrogen) atoms. The minimum Gasteiger partial charge on any atom is -0.545 e. The van der Waals surface area contributed by atoms with Crippen LogP contribution in [0.25, 0.3) is 0 Å². The molecule has 0 aromatic heterocycles. The first kappa shape index (κ1) is 11.2. The molecule has 0 aliphatic carbocycles. The molecule has 0 N–H and O–H groups in total. The van der Waals surface area contributed by atoms with E-state index >= 15 is 0 Å². The first-order valence-electron chi connectivity index (χ1n) is 4.44. The molecule has 0 heterocycles. The Balaban J connectivity index is 3.36. The molecule has 0 bridgehead atoms. The van der Waals surface area contributed by atoms with Crippen LogP contribution in [0.5, 0.6) is 0 Å². The Hall–Kier alpha value is -1.86. The summed E-state index contributed by atoms with van der Waals surface area (Å²) in [5.41, 5.74) is 1.18. The molecule has 0 spiro atoms. The summed E-state index contributed by atoms with van der Waals surface area (Å²) in [6.45, 7) is 0. The molecule has 1 aromatic rings. The Bertz CT molecular complexity index is 439. The van der Waals surface area contributed by atoms with E-state index in [9.17, 15) is 9.90 Å². The van der Waals surface area contributed by atoms with Crippen molar-refractivity contribution in [1.29, 1.82) is 5.26 Å². The SMILES string of the molecule is C[N+](C)(C)c1ccc(C(=O)[O-])cc1C#N. The summed E-state index contributed by atoms with van der Waals surface area (Å²) in [6, 6.07) is 6.43. The molecule has 0 fully saturated rings. The number of aromatic carboxylic acids is 1. The number of carboxylic acids is 1. The number of hydrogen-bond acceptors (Lipinski definition) is 3. The Labute approximate surface area is 88.6 Å². The van der Waals surface area contributed by atoms with E-state index in [1.165, 1.54) is 12.1 Å². The number of quaternary nitrogens is 1. The summed E-state index contributed by atoms with van der Waals surface area (Å²) >= 11 is 0. The van der Waals surface area contributed by atoms with Crippen LogP contribution in [0, 0.1) is 11.3 Å². The molecule has 0 saturated carbocycles. The number of nitriles is 1. The number of carbonyl (C=O) groups is 1. The van der Waals surface area contributed by atoms with Crippen molar-refractivity contribution in [1.82, 2.24) is 4.48 Å². The summed E-state index contributed by atoms with van der Waals surface area (Å²) in [5.74, 6) is -1.26. The molecule has 4 nitrogen and oxygen atoms in total. The van der Waals surface area contributed by atoms with E-state index in [1.54, 1.807) is 6.07 Å². The lowest BCUT2D eigenvalue weighted by molar-refractivity contribution is -0.255. The fourth-order valence-electron chi connectivity index (χ4n) is 1.34. The lowest BCUT2D eigenvalue weighted by atomic mass is 10.1. The number of benzene rings is 1. The first-order valence-corrected chi connectivity index (χ1v) is 4.44. The molecule has 4 heteroatoms. The zero-order chi connectivity index (χ0) is 11.6. The normalized spacial score (nSPS) is 10.8. The third-order valence-electron chi connectivity index (χ3n) is 2.08. The van der Waals surface area contributed by atoms with Crippen LogP contribution in [0.3, 0.4) is 0 Å². The molecule has 0 aliphatic heterocycles. The van der Waals surface area contributed by atoms with E-state index in [2.05, 4.69) is 0 Å². The van der Waals surface area contributed by atoms with Gasteiger partial charge in [-0.3, -0.25) is 4.48 Å². The predicted octanol–water partition coefficient (Wildman–Crippen LogP) is 0.118. The highest BCUT2D eigenvalue weighted by atomic mass is 16.4. The second-order valence-electron chi connectivity index (χ2n) is 4.14. The Morgan fingerprint density at radius 2 is 2.00 bits per heavy atom. The number of carboxylic acid groups (broad SMARTS) is 1. The molecule has 0 aliphatic rings. The van der Waals surface area contributed by atoms with Gasteiger partial charge in [0.2, 0.25) is 0 Å². The van der Waals surface area contributed by atoms with Gasteiger partial charge in [-0.2, -0.15) is 5.26 Å². The molecule has 0 atom stereocenters. The second kappa shape index (κ2) is 3.71. The van der Waals surface area contributed by atoms with Crippen LogP contribution in [0.4, 0.5) is 5.69 Å². The first-order chi connectivity index (χ1) is 6.86. The minimum atomic E-state index is -1.26. The van der Waals surface area contributed by atoms with E-state index in [4.69, 9.17) is 5.26 Å². The summed E-state index contributed by atoms with van der Waals surface area (Å²) in [7, 11) is 5.73. The van der Waals surface area contributed by atoms with Crippen molar-refractivity contribution in [2.45, 2.75) is 0 Å². The predicted molar refractivity (Wildman–Crippen MR) is 55.1 cm³/mol. The largest absolute Gasteiger partial charge is 0.545 e. The van der Waals surface area contributed by atoms with Gasteiger partial charge in [0.15, 0.2) is 0 Å². The van der Waals surface area contributed by atoms with E-state index in [0.717, 1.165) is 5.69 Å². The topological polar surface area (TPSA) is 63.9 Å². The van der Waals surface area contributed by atoms with E-state index in [-0.39, 0.29) is 5.56 Å². The van der Waals surface area contributed by atoms with Crippen LogP contribution in [0.1, 0.15) is 15.9 Å². The lowest BCUT2D eigenvalue weighted by Crippen LogP contribution is -2.35. The fraction of sp³-hybridized carbons (Fsp3) is 0.273. The quantitative estimate of drug-likeness (QED) is 0.643. The van der Waals surface area contributed by atoms with Crippen LogP contribution >= 0.6 is 0 Å².